The first-order valence-electron chi connectivity index (χ1n) is 6.00. The highest BCUT2D eigenvalue weighted by Crippen LogP contribution is 2.25. The molecule has 1 aromatic carbocycles. The Morgan fingerprint density at radius 1 is 1.31 bits per heavy atom. The van der Waals surface area contributed by atoms with Crippen molar-refractivity contribution in [2.45, 2.75) is 38.6 Å². The van der Waals surface area contributed by atoms with E-state index in [4.69, 9.17) is 0 Å². The van der Waals surface area contributed by atoms with E-state index in [2.05, 4.69) is 44.3 Å². The quantitative estimate of drug-likeness (QED) is 0.754. The molecule has 0 radical (unpaired) electrons. The lowest BCUT2D eigenvalue weighted by molar-refractivity contribution is 0.632. The molecule has 0 aliphatic carbocycles. The molecule has 0 fully saturated rings. The van der Waals surface area contributed by atoms with Crippen LogP contribution in [0.2, 0.25) is 0 Å². The van der Waals surface area contributed by atoms with E-state index in [0.29, 0.717) is 0 Å². The van der Waals surface area contributed by atoms with Crippen LogP contribution in [-0.4, -0.2) is 12.8 Å². The maximum Gasteiger partial charge on any atom is 0.0213 e. The van der Waals surface area contributed by atoms with Crippen molar-refractivity contribution in [1.82, 2.24) is 5.32 Å². The van der Waals surface area contributed by atoms with Crippen LogP contribution in [-0.2, 0) is 6.54 Å². The van der Waals surface area contributed by atoms with Crippen molar-refractivity contribution < 1.29 is 0 Å². The van der Waals surface area contributed by atoms with Gasteiger partial charge in [-0.2, -0.15) is 0 Å². The number of hydrogen-bond acceptors (Lipinski definition) is 2. The molecule has 16 heavy (non-hydrogen) atoms. The van der Waals surface area contributed by atoms with Crippen molar-refractivity contribution in [2.75, 3.05) is 12.8 Å². The lowest BCUT2D eigenvalue weighted by atomic mass is 10.1. The first kappa shape index (κ1) is 13.6. The fourth-order valence-corrected chi connectivity index (χ4v) is 2.87. The van der Waals surface area contributed by atoms with E-state index in [9.17, 15) is 0 Å². The van der Waals surface area contributed by atoms with Gasteiger partial charge in [0.2, 0.25) is 0 Å². The second-order valence-electron chi connectivity index (χ2n) is 4.67. The van der Waals surface area contributed by atoms with E-state index in [1.165, 1.54) is 28.2 Å². The van der Waals surface area contributed by atoms with Gasteiger partial charge >= 0.3 is 0 Å². The first-order valence-corrected chi connectivity index (χ1v) is 6.99. The zero-order valence-electron chi connectivity index (χ0n) is 10.8. The van der Waals surface area contributed by atoms with Crippen molar-refractivity contribution >= 4 is 11.8 Å². The van der Waals surface area contributed by atoms with Crippen molar-refractivity contribution in [3.63, 3.8) is 0 Å². The molecular weight excluding hydrogens is 214 g/mol. The Labute approximate surface area is 104 Å². The largest absolute Gasteiger partial charge is 0.316 e. The van der Waals surface area contributed by atoms with Crippen LogP contribution in [0.15, 0.2) is 23.1 Å². The van der Waals surface area contributed by atoms with Crippen LogP contribution in [0.25, 0.3) is 0 Å². The van der Waals surface area contributed by atoms with Crippen LogP contribution < -0.4 is 5.32 Å². The fraction of sp³-hybridized carbons (Fsp3) is 0.571. The molecule has 90 valence electrons. The summed E-state index contributed by atoms with van der Waals surface area (Å²) in [5.41, 5.74) is 2.77. The molecular formula is C14H23NS. The molecule has 1 N–H and O–H groups in total. The number of benzene rings is 1. The van der Waals surface area contributed by atoms with Crippen molar-refractivity contribution in [3.05, 3.63) is 29.3 Å². The summed E-state index contributed by atoms with van der Waals surface area (Å²) < 4.78 is 0. The topological polar surface area (TPSA) is 12.0 Å². The van der Waals surface area contributed by atoms with E-state index < -0.39 is 0 Å². The summed E-state index contributed by atoms with van der Waals surface area (Å²) in [6.07, 6.45) is 1.29. The van der Waals surface area contributed by atoms with Crippen LogP contribution in [0.5, 0.6) is 0 Å². The van der Waals surface area contributed by atoms with E-state index in [1.807, 2.05) is 18.8 Å². The molecule has 0 aromatic heterocycles. The van der Waals surface area contributed by atoms with Gasteiger partial charge in [-0.15, -0.1) is 11.8 Å². The van der Waals surface area contributed by atoms with Crippen LogP contribution in [0.1, 0.15) is 31.4 Å². The highest BCUT2D eigenvalue weighted by atomic mass is 32.2. The summed E-state index contributed by atoms with van der Waals surface area (Å²) in [6.45, 7) is 7.68. The third-order valence-corrected chi connectivity index (χ3v) is 3.69. The number of hydrogen-bond donors (Lipinski definition) is 1. The Morgan fingerprint density at radius 3 is 2.69 bits per heavy atom. The Balaban J connectivity index is 2.63. The number of rotatable bonds is 6. The smallest absolute Gasteiger partial charge is 0.0213 e. The fourth-order valence-electron chi connectivity index (χ4n) is 1.58. The number of aryl methyl sites for hydroxylation is 1. The van der Waals surface area contributed by atoms with Gasteiger partial charge in [-0.25, -0.2) is 0 Å². The van der Waals surface area contributed by atoms with E-state index in [1.54, 1.807) is 0 Å². The highest BCUT2D eigenvalue weighted by Gasteiger charge is 2.03. The van der Waals surface area contributed by atoms with E-state index in [0.717, 1.165) is 12.5 Å². The molecule has 0 saturated carbocycles. The van der Waals surface area contributed by atoms with Gasteiger partial charge in [0.1, 0.15) is 0 Å². The molecule has 0 unspecified atom stereocenters. The van der Waals surface area contributed by atoms with Gasteiger partial charge < -0.3 is 5.32 Å². The van der Waals surface area contributed by atoms with Gasteiger partial charge in [0.25, 0.3) is 0 Å². The van der Waals surface area contributed by atoms with Gasteiger partial charge in [-0.1, -0.05) is 31.5 Å². The zero-order chi connectivity index (χ0) is 12.0. The van der Waals surface area contributed by atoms with Crippen LogP contribution in [0, 0.1) is 12.8 Å². The second kappa shape index (κ2) is 6.97. The van der Waals surface area contributed by atoms with E-state index >= 15 is 0 Å². The summed E-state index contributed by atoms with van der Waals surface area (Å²) in [4.78, 5) is 1.43. The van der Waals surface area contributed by atoms with Crippen LogP contribution in [0.4, 0.5) is 0 Å². The third-order valence-electron chi connectivity index (χ3n) is 2.54. The summed E-state index contributed by atoms with van der Waals surface area (Å²) in [7, 11) is 2.00. The maximum absolute atomic E-state index is 3.24. The summed E-state index contributed by atoms with van der Waals surface area (Å²) >= 11 is 1.98. The average molecular weight is 237 g/mol. The Hall–Kier alpha value is -0.470. The molecule has 1 rings (SSSR count). The lowest BCUT2D eigenvalue weighted by Crippen LogP contribution is -2.06. The van der Waals surface area contributed by atoms with E-state index in [-0.39, 0.29) is 0 Å². The maximum atomic E-state index is 3.24. The Kier molecular flexibility index (Phi) is 5.93. The Morgan fingerprint density at radius 2 is 2.06 bits per heavy atom. The zero-order valence-corrected chi connectivity index (χ0v) is 11.7. The molecule has 1 nitrogen and oxygen atoms in total. The molecule has 0 spiro atoms. The standard InChI is InChI=1S/C14H23NS/c1-11(2)7-8-16-14-6-5-12(3)9-13(14)10-15-4/h5-6,9,11,15H,7-8,10H2,1-4H3. The molecule has 0 atom stereocenters. The predicted octanol–water partition coefficient (Wildman–Crippen LogP) is 3.85. The summed E-state index contributed by atoms with van der Waals surface area (Å²) in [6, 6.07) is 6.75. The second-order valence-corrected chi connectivity index (χ2v) is 5.81. The minimum absolute atomic E-state index is 0.797. The lowest BCUT2D eigenvalue weighted by Gasteiger charge is -2.10. The predicted molar refractivity (Wildman–Crippen MR) is 74.1 cm³/mol. The molecule has 0 aliphatic heterocycles. The average Bonchev–Trinajstić information content (AvgIpc) is 2.21. The van der Waals surface area contributed by atoms with Crippen LogP contribution in [0.3, 0.4) is 0 Å². The minimum Gasteiger partial charge on any atom is -0.316 e. The highest BCUT2D eigenvalue weighted by molar-refractivity contribution is 7.99. The first-order chi connectivity index (χ1) is 7.63. The molecule has 0 aliphatic rings. The molecule has 2 heteroatoms. The number of thioether (sulfide) groups is 1. The third kappa shape index (κ3) is 4.58. The van der Waals surface area contributed by atoms with Gasteiger partial charge in [-0.3, -0.25) is 0 Å². The molecule has 0 heterocycles. The number of nitrogens with one attached hydrogen (secondary N) is 1. The molecule has 1 aromatic rings. The monoisotopic (exact) mass is 237 g/mol. The van der Waals surface area contributed by atoms with Crippen molar-refractivity contribution in [3.8, 4) is 0 Å². The van der Waals surface area contributed by atoms with Crippen molar-refractivity contribution in [1.29, 1.82) is 0 Å². The van der Waals surface area contributed by atoms with Crippen LogP contribution >= 0.6 is 11.8 Å². The SMILES string of the molecule is CNCc1cc(C)ccc1SCCC(C)C. The van der Waals surface area contributed by atoms with Gasteiger partial charge in [0.15, 0.2) is 0 Å². The summed E-state index contributed by atoms with van der Waals surface area (Å²) in [5.74, 6) is 2.02. The van der Waals surface area contributed by atoms with Crippen molar-refractivity contribution in [2.24, 2.45) is 5.92 Å². The minimum atomic E-state index is 0.797. The normalized spacial score (nSPS) is 11.1. The van der Waals surface area contributed by atoms with Gasteiger partial charge in [0.05, 0.1) is 0 Å². The van der Waals surface area contributed by atoms with Gasteiger partial charge in [0, 0.05) is 11.4 Å². The molecule has 0 bridgehead atoms. The summed E-state index contributed by atoms with van der Waals surface area (Å²) in [5, 5.41) is 3.24. The van der Waals surface area contributed by atoms with Gasteiger partial charge in [-0.05, 0) is 43.7 Å². The molecule has 0 amide bonds. The molecule has 0 saturated heterocycles. The Bertz CT molecular complexity index is 321.